The summed E-state index contributed by atoms with van der Waals surface area (Å²) in [5.74, 6) is 0.113. The number of aromatic nitrogens is 4. The van der Waals surface area contributed by atoms with Gasteiger partial charge in [0.25, 0.3) is 5.56 Å². The smallest absolute Gasteiger partial charge is 0.547 e. The van der Waals surface area contributed by atoms with Gasteiger partial charge >= 0.3 is 29.6 Å². The van der Waals surface area contributed by atoms with Crippen LogP contribution < -0.4 is 45.0 Å². The zero-order valence-electron chi connectivity index (χ0n) is 20.7. The number of carbonyl (C=O) groups excluding carboxylic acids is 1. The fourth-order valence-electron chi connectivity index (χ4n) is 3.87. The average molecular weight is 479 g/mol. The van der Waals surface area contributed by atoms with Crippen LogP contribution in [0.4, 0.5) is 0 Å². The minimum Gasteiger partial charge on any atom is -0.547 e. The van der Waals surface area contributed by atoms with E-state index in [0.717, 1.165) is 24.1 Å². The largest absolute Gasteiger partial charge is 1.00 e. The van der Waals surface area contributed by atoms with Gasteiger partial charge in [-0.25, -0.2) is 4.98 Å². The van der Waals surface area contributed by atoms with Gasteiger partial charge in [-0.15, -0.1) is 0 Å². The molecule has 0 radical (unpaired) electrons. The maximum Gasteiger partial charge on any atom is 1.00 e. The van der Waals surface area contributed by atoms with Crippen molar-refractivity contribution >= 4 is 17.0 Å². The molecule has 3 rings (SSSR count). The van der Waals surface area contributed by atoms with Crippen LogP contribution in [0.5, 0.6) is 5.75 Å². The SMILES string of the molecule is CCCc1nn(C)c2c(=O)n(CCOc3ccc(C[C@H](OCC)C(=O)[O-])cc3)c(CC)nc12.[Na+]. The number of hydrogen-bond donors (Lipinski definition) is 0. The van der Waals surface area contributed by atoms with E-state index in [0.29, 0.717) is 48.8 Å². The molecule has 0 aliphatic rings. The molecule has 0 aliphatic heterocycles. The van der Waals surface area contributed by atoms with Gasteiger partial charge in [-0.3, -0.25) is 14.0 Å². The maximum atomic E-state index is 13.2. The molecule has 0 unspecified atom stereocenters. The minimum absolute atomic E-state index is 0. The van der Waals surface area contributed by atoms with Gasteiger partial charge in [0.05, 0.1) is 18.2 Å². The number of ether oxygens (including phenoxy) is 2. The van der Waals surface area contributed by atoms with E-state index in [-0.39, 0.29) is 41.5 Å². The first-order chi connectivity index (χ1) is 15.9. The first-order valence-electron chi connectivity index (χ1n) is 11.4. The molecule has 0 bridgehead atoms. The van der Waals surface area contributed by atoms with Gasteiger partial charge in [0.1, 0.15) is 29.8 Å². The second-order valence-electron chi connectivity index (χ2n) is 7.82. The predicted octanol–water partition coefficient (Wildman–Crippen LogP) is -1.57. The Morgan fingerprint density at radius 1 is 1.18 bits per heavy atom. The molecule has 0 fully saturated rings. The number of carboxylic acid groups (broad SMARTS) is 1. The third-order valence-electron chi connectivity index (χ3n) is 5.45. The van der Waals surface area contributed by atoms with E-state index < -0.39 is 12.1 Å². The Morgan fingerprint density at radius 3 is 2.47 bits per heavy atom. The first-order valence-corrected chi connectivity index (χ1v) is 11.4. The van der Waals surface area contributed by atoms with Gasteiger partial charge < -0.3 is 19.4 Å². The van der Waals surface area contributed by atoms with Crippen molar-refractivity contribution in [1.82, 2.24) is 19.3 Å². The van der Waals surface area contributed by atoms with Gasteiger partial charge in [-0.05, 0) is 31.0 Å². The molecule has 9 nitrogen and oxygen atoms in total. The van der Waals surface area contributed by atoms with Crippen molar-refractivity contribution in [1.29, 1.82) is 0 Å². The Hall–Kier alpha value is -2.20. The van der Waals surface area contributed by atoms with Crippen molar-refractivity contribution in [2.75, 3.05) is 13.2 Å². The zero-order valence-corrected chi connectivity index (χ0v) is 22.7. The molecule has 2 aromatic heterocycles. The van der Waals surface area contributed by atoms with Gasteiger partial charge in [0.15, 0.2) is 5.52 Å². The summed E-state index contributed by atoms with van der Waals surface area (Å²) < 4.78 is 14.3. The number of carboxylic acids is 1. The molecule has 0 saturated carbocycles. The summed E-state index contributed by atoms with van der Waals surface area (Å²) in [4.78, 5) is 29.1. The quantitative estimate of drug-likeness (QED) is 0.289. The Balaban J connectivity index is 0.00000408. The molecule has 0 N–H and O–H groups in total. The normalized spacial score (nSPS) is 11.9. The minimum atomic E-state index is -1.23. The molecule has 0 aliphatic carbocycles. The van der Waals surface area contributed by atoms with Gasteiger partial charge in [0.2, 0.25) is 0 Å². The van der Waals surface area contributed by atoms with Crippen LogP contribution in [0.1, 0.15) is 44.3 Å². The average Bonchev–Trinajstić information content (AvgIpc) is 3.11. The number of carbonyl (C=O) groups is 1. The predicted molar refractivity (Wildman–Crippen MR) is 122 cm³/mol. The van der Waals surface area contributed by atoms with E-state index in [1.54, 1.807) is 47.5 Å². The van der Waals surface area contributed by atoms with Gasteiger partial charge in [0, 0.05) is 26.5 Å². The van der Waals surface area contributed by atoms with Crippen molar-refractivity contribution in [3.63, 3.8) is 0 Å². The fourth-order valence-corrected chi connectivity index (χ4v) is 3.87. The fraction of sp³-hybridized carbons (Fsp3) is 0.500. The monoisotopic (exact) mass is 478 g/mol. The van der Waals surface area contributed by atoms with Crippen molar-refractivity contribution in [3.05, 3.63) is 51.7 Å². The third kappa shape index (κ3) is 6.47. The van der Waals surface area contributed by atoms with E-state index in [4.69, 9.17) is 14.5 Å². The van der Waals surface area contributed by atoms with Crippen LogP contribution in [0.25, 0.3) is 11.0 Å². The summed E-state index contributed by atoms with van der Waals surface area (Å²) in [5, 5.41) is 15.6. The number of aliphatic carboxylic acids is 1. The number of benzene rings is 1. The molecule has 178 valence electrons. The van der Waals surface area contributed by atoms with E-state index >= 15 is 0 Å². The molecule has 0 amide bonds. The van der Waals surface area contributed by atoms with Gasteiger partial charge in [-0.1, -0.05) is 32.4 Å². The Morgan fingerprint density at radius 2 is 1.88 bits per heavy atom. The van der Waals surface area contributed by atoms with E-state index in [9.17, 15) is 14.7 Å². The standard InChI is InChI=1S/C24H32N4O5.Na/c1-5-8-18-21-22(27(4)26-18)23(29)28(20(6-2)25-21)13-14-33-17-11-9-16(10-12-17)15-19(24(30)31)32-7-3;/h9-12,19H,5-8,13-15H2,1-4H3,(H,30,31);/q;+1/p-1/t19-;/m0./s1. The van der Waals surface area contributed by atoms with Crippen LogP contribution in [0.3, 0.4) is 0 Å². The van der Waals surface area contributed by atoms with Crippen LogP contribution in [0.15, 0.2) is 29.1 Å². The summed E-state index contributed by atoms with van der Waals surface area (Å²) in [6.07, 6.45) is 1.59. The first kappa shape index (κ1) is 28.0. The Bertz CT molecular complexity index is 1160. The number of fused-ring (bicyclic) bond motifs is 1. The molecule has 3 aromatic rings. The van der Waals surface area contributed by atoms with Crippen molar-refractivity contribution < 1.29 is 48.9 Å². The van der Waals surface area contributed by atoms with Crippen LogP contribution in [0.2, 0.25) is 0 Å². The van der Waals surface area contributed by atoms with Crippen LogP contribution in [-0.2, 0) is 42.4 Å². The summed E-state index contributed by atoms with van der Waals surface area (Å²) in [7, 11) is 1.77. The summed E-state index contributed by atoms with van der Waals surface area (Å²) >= 11 is 0. The summed E-state index contributed by atoms with van der Waals surface area (Å²) in [5.41, 5.74) is 2.75. The molecular weight excluding hydrogens is 447 g/mol. The molecular formula is C24H31N4NaO5. The molecule has 1 atom stereocenters. The maximum absolute atomic E-state index is 13.2. The third-order valence-corrected chi connectivity index (χ3v) is 5.45. The molecule has 0 saturated heterocycles. The number of hydrogen-bond acceptors (Lipinski definition) is 7. The molecule has 34 heavy (non-hydrogen) atoms. The van der Waals surface area contributed by atoms with E-state index in [1.165, 1.54) is 0 Å². The van der Waals surface area contributed by atoms with Crippen molar-refractivity contribution in [3.8, 4) is 5.75 Å². The Kier molecular flexibility index (Phi) is 10.8. The topological polar surface area (TPSA) is 111 Å². The van der Waals surface area contributed by atoms with E-state index in [1.807, 2.05) is 6.92 Å². The van der Waals surface area contributed by atoms with Crippen molar-refractivity contribution in [2.45, 2.75) is 59.1 Å². The summed E-state index contributed by atoms with van der Waals surface area (Å²) in [6, 6.07) is 7.15. The molecule has 1 aromatic carbocycles. The second-order valence-corrected chi connectivity index (χ2v) is 7.82. The van der Waals surface area contributed by atoms with Gasteiger partial charge in [-0.2, -0.15) is 5.10 Å². The molecule has 2 heterocycles. The number of aryl methyl sites for hydroxylation is 3. The molecule has 0 spiro atoms. The van der Waals surface area contributed by atoms with E-state index in [2.05, 4.69) is 12.0 Å². The Labute approximate surface area is 221 Å². The van der Waals surface area contributed by atoms with Crippen LogP contribution >= 0.6 is 0 Å². The number of rotatable bonds is 12. The second kappa shape index (κ2) is 13.0. The van der Waals surface area contributed by atoms with Crippen LogP contribution in [-0.4, -0.2) is 44.6 Å². The van der Waals surface area contributed by atoms with Crippen LogP contribution in [0, 0.1) is 0 Å². The van der Waals surface area contributed by atoms with Crippen molar-refractivity contribution in [2.24, 2.45) is 7.05 Å². The molecule has 10 heteroatoms. The summed E-state index contributed by atoms with van der Waals surface area (Å²) in [6.45, 7) is 6.75. The zero-order chi connectivity index (χ0) is 24.0. The number of nitrogens with zero attached hydrogens (tertiary/aromatic N) is 4.